The van der Waals surface area contributed by atoms with E-state index in [1.54, 1.807) is 0 Å². The number of thiol groups is 1. The number of aliphatic hydroxyl groups is 1. The van der Waals surface area contributed by atoms with Crippen molar-refractivity contribution in [3.8, 4) is 0 Å². The lowest BCUT2D eigenvalue weighted by Crippen LogP contribution is -2.30. The summed E-state index contributed by atoms with van der Waals surface area (Å²) in [6.45, 7) is -0.173. The van der Waals surface area contributed by atoms with Gasteiger partial charge in [-0.1, -0.05) is 0 Å². The van der Waals surface area contributed by atoms with Crippen LogP contribution in [0.1, 0.15) is 12.8 Å². The van der Waals surface area contributed by atoms with E-state index >= 15 is 0 Å². The van der Waals surface area contributed by atoms with Crippen molar-refractivity contribution in [2.75, 3.05) is 12.4 Å². The molecule has 0 saturated carbocycles. The van der Waals surface area contributed by atoms with Crippen molar-refractivity contribution in [1.29, 1.82) is 0 Å². The Kier molecular flexibility index (Phi) is 11.7. The van der Waals surface area contributed by atoms with Crippen LogP contribution in [0.5, 0.6) is 0 Å². The van der Waals surface area contributed by atoms with Crippen molar-refractivity contribution in [2.45, 2.75) is 24.9 Å². The van der Waals surface area contributed by atoms with Gasteiger partial charge in [0, 0.05) is 6.61 Å². The first kappa shape index (κ1) is 17.6. The molecule has 2 atom stereocenters. The second-order valence-corrected chi connectivity index (χ2v) is 3.36. The highest BCUT2D eigenvalue weighted by Gasteiger charge is 2.08. The molecule has 0 spiro atoms. The molecule has 0 rings (SSSR count). The molecule has 8 heteroatoms. The van der Waals surface area contributed by atoms with E-state index in [0.717, 1.165) is 0 Å². The Morgan fingerprint density at radius 1 is 1.06 bits per heavy atom. The number of carboxylic acid groups (broad SMARTS) is 2. The van der Waals surface area contributed by atoms with Gasteiger partial charge in [0.05, 0.1) is 0 Å². The van der Waals surface area contributed by atoms with Crippen LogP contribution in [0, 0.1) is 0 Å². The van der Waals surface area contributed by atoms with Gasteiger partial charge in [-0.05, 0) is 18.6 Å². The first-order valence-electron chi connectivity index (χ1n) is 4.55. The Morgan fingerprint density at radius 2 is 1.44 bits per heavy atom. The van der Waals surface area contributed by atoms with Crippen molar-refractivity contribution < 1.29 is 24.9 Å². The average Bonchev–Trinajstić information content (AvgIpc) is 2.19. The first-order chi connectivity index (χ1) is 7.36. The third-order valence-electron chi connectivity index (χ3n) is 1.51. The second kappa shape index (κ2) is 10.7. The summed E-state index contributed by atoms with van der Waals surface area (Å²) in [6, 6.07) is -1.66. The van der Waals surface area contributed by atoms with Crippen molar-refractivity contribution in [3.05, 3.63) is 0 Å². The number of aliphatic carboxylic acids is 2. The molecule has 0 aliphatic rings. The van der Waals surface area contributed by atoms with E-state index in [1.807, 2.05) is 0 Å². The van der Waals surface area contributed by atoms with Crippen molar-refractivity contribution in [2.24, 2.45) is 11.5 Å². The Bertz CT molecular complexity index is 193. The van der Waals surface area contributed by atoms with Crippen LogP contribution in [0.15, 0.2) is 0 Å². The van der Waals surface area contributed by atoms with Crippen LogP contribution in [0.2, 0.25) is 0 Å². The highest BCUT2D eigenvalue weighted by atomic mass is 32.1. The molecule has 0 aromatic heterocycles. The zero-order chi connectivity index (χ0) is 13.1. The van der Waals surface area contributed by atoms with Crippen molar-refractivity contribution >= 4 is 24.6 Å². The molecule has 0 saturated heterocycles. The number of hydrogen-bond donors (Lipinski definition) is 6. The monoisotopic (exact) mass is 254 g/mol. The molecule has 2 unspecified atom stereocenters. The van der Waals surface area contributed by atoms with Gasteiger partial charge >= 0.3 is 11.9 Å². The van der Waals surface area contributed by atoms with Gasteiger partial charge in [-0.2, -0.15) is 12.6 Å². The number of hydrogen-bond acceptors (Lipinski definition) is 6. The van der Waals surface area contributed by atoms with Crippen LogP contribution in [-0.2, 0) is 9.59 Å². The predicted octanol–water partition coefficient (Wildman–Crippen LogP) is -1.50. The van der Waals surface area contributed by atoms with Crippen LogP contribution >= 0.6 is 12.6 Å². The van der Waals surface area contributed by atoms with E-state index in [-0.39, 0.29) is 13.0 Å². The smallest absolute Gasteiger partial charge is 0.320 e. The number of rotatable bonds is 6. The van der Waals surface area contributed by atoms with Crippen LogP contribution in [0.25, 0.3) is 0 Å². The predicted molar refractivity (Wildman–Crippen MR) is 61.4 cm³/mol. The van der Waals surface area contributed by atoms with E-state index in [1.165, 1.54) is 0 Å². The largest absolute Gasteiger partial charge is 0.480 e. The minimum atomic E-state index is -1.07. The van der Waals surface area contributed by atoms with E-state index in [2.05, 4.69) is 12.6 Å². The Morgan fingerprint density at radius 3 is 1.56 bits per heavy atom. The number of aliphatic hydroxyl groups excluding tert-OH is 1. The molecule has 7 nitrogen and oxygen atoms in total. The van der Waals surface area contributed by atoms with E-state index in [4.69, 9.17) is 26.8 Å². The summed E-state index contributed by atoms with van der Waals surface area (Å²) in [4.78, 5) is 19.8. The minimum Gasteiger partial charge on any atom is -0.480 e. The first-order valence-corrected chi connectivity index (χ1v) is 5.18. The average molecular weight is 254 g/mol. The molecule has 0 radical (unpaired) electrons. The molecule has 0 heterocycles. The summed E-state index contributed by atoms with van der Waals surface area (Å²) in [5.41, 5.74) is 10.0. The molecule has 7 N–H and O–H groups in total. The molecule has 0 aromatic rings. The molecule has 0 aromatic carbocycles. The van der Waals surface area contributed by atoms with Crippen LogP contribution < -0.4 is 11.5 Å². The third-order valence-corrected chi connectivity index (χ3v) is 1.77. The normalized spacial score (nSPS) is 13.2. The Labute approximate surface area is 98.8 Å². The fraction of sp³-hybridized carbons (Fsp3) is 0.750. The summed E-state index contributed by atoms with van der Waals surface area (Å²) in [7, 11) is 0. The second-order valence-electron chi connectivity index (χ2n) is 2.91. The van der Waals surface area contributed by atoms with Gasteiger partial charge < -0.3 is 26.8 Å². The number of carbonyl (C=O) groups is 2. The van der Waals surface area contributed by atoms with Gasteiger partial charge in [0.15, 0.2) is 0 Å². The highest BCUT2D eigenvalue weighted by molar-refractivity contribution is 7.80. The number of nitrogens with two attached hydrogens (primary N) is 2. The standard InChI is InChI=1S/C4H9NO3.C4H9NO2S/c5-3(1-2-6)4(7)8;5-3(1-2-8)4(6)7/h3,6H,1-2,5H2,(H,7,8);3,8H,1-2,5H2,(H,6,7). The van der Waals surface area contributed by atoms with Crippen LogP contribution in [-0.4, -0.2) is 51.7 Å². The van der Waals surface area contributed by atoms with E-state index in [0.29, 0.717) is 12.2 Å². The summed E-state index contributed by atoms with van der Waals surface area (Å²) >= 11 is 3.81. The van der Waals surface area contributed by atoms with Gasteiger partial charge in [-0.15, -0.1) is 0 Å². The molecule has 0 aliphatic heterocycles. The molecule has 0 amide bonds. The van der Waals surface area contributed by atoms with Gasteiger partial charge in [-0.25, -0.2) is 0 Å². The quantitative estimate of drug-likeness (QED) is 0.316. The number of carboxylic acids is 2. The molecule has 0 aliphatic carbocycles. The van der Waals surface area contributed by atoms with Crippen molar-refractivity contribution in [3.63, 3.8) is 0 Å². The molecular weight excluding hydrogens is 236 g/mol. The lowest BCUT2D eigenvalue weighted by Gasteiger charge is -2.00. The maximum absolute atomic E-state index is 9.93. The molecule has 0 fully saturated rings. The summed E-state index contributed by atoms with van der Waals surface area (Å²) < 4.78 is 0. The topological polar surface area (TPSA) is 147 Å². The highest BCUT2D eigenvalue weighted by Crippen LogP contribution is 1.88. The SMILES string of the molecule is NC(CCO)C(=O)O.NC(CCS)C(=O)O. The third kappa shape index (κ3) is 11.2. The lowest BCUT2D eigenvalue weighted by atomic mass is 10.2. The fourth-order valence-corrected chi connectivity index (χ4v) is 0.803. The molecule has 16 heavy (non-hydrogen) atoms. The van der Waals surface area contributed by atoms with Gasteiger partial charge in [-0.3, -0.25) is 9.59 Å². The summed E-state index contributed by atoms with van der Waals surface area (Å²) in [5.74, 6) is -1.51. The Balaban J connectivity index is 0. The maximum Gasteiger partial charge on any atom is 0.320 e. The summed E-state index contributed by atoms with van der Waals surface area (Å²) in [6.07, 6.45) is 0.549. The van der Waals surface area contributed by atoms with Crippen LogP contribution in [0.4, 0.5) is 0 Å². The maximum atomic E-state index is 9.93. The van der Waals surface area contributed by atoms with Gasteiger partial charge in [0.1, 0.15) is 12.1 Å². The van der Waals surface area contributed by atoms with E-state index in [9.17, 15) is 9.59 Å². The zero-order valence-electron chi connectivity index (χ0n) is 8.74. The zero-order valence-corrected chi connectivity index (χ0v) is 9.64. The lowest BCUT2D eigenvalue weighted by molar-refractivity contribution is -0.139. The van der Waals surface area contributed by atoms with Crippen LogP contribution in [0.3, 0.4) is 0 Å². The Hall–Kier alpha value is -0.830. The molecule has 96 valence electrons. The van der Waals surface area contributed by atoms with E-state index < -0.39 is 24.0 Å². The fourth-order valence-electron chi connectivity index (χ4n) is 0.525. The molecule has 0 bridgehead atoms. The van der Waals surface area contributed by atoms with Gasteiger partial charge in [0.25, 0.3) is 0 Å². The molecular formula is C8H18N2O5S. The van der Waals surface area contributed by atoms with Crippen molar-refractivity contribution in [1.82, 2.24) is 0 Å². The summed E-state index contributed by atoms with van der Waals surface area (Å²) in [5, 5.41) is 24.4. The van der Waals surface area contributed by atoms with Gasteiger partial charge in [0.2, 0.25) is 0 Å². The minimum absolute atomic E-state index is 0.120.